The number of hydrogen-bond donors (Lipinski definition) is 2. The molecule has 0 radical (unpaired) electrons. The van der Waals surface area contributed by atoms with Crippen molar-refractivity contribution < 1.29 is 19.4 Å². The molecule has 0 aromatic heterocycles. The Hall–Kier alpha value is -2.88. The summed E-state index contributed by atoms with van der Waals surface area (Å²) in [7, 11) is 0. The second-order valence-electron chi connectivity index (χ2n) is 9.43. The molecule has 0 saturated carbocycles. The van der Waals surface area contributed by atoms with Crippen molar-refractivity contribution in [1.29, 1.82) is 5.26 Å². The molecule has 2 aromatic rings. The highest BCUT2D eigenvalue weighted by Gasteiger charge is 2.44. The first-order valence-electron chi connectivity index (χ1n) is 10.4. The van der Waals surface area contributed by atoms with Gasteiger partial charge in [-0.3, -0.25) is 10.1 Å². The molecule has 3 atom stereocenters. The number of rotatable bonds is 5. The highest BCUT2D eigenvalue weighted by molar-refractivity contribution is 5.76. The molecule has 3 rings (SSSR count). The van der Waals surface area contributed by atoms with Gasteiger partial charge in [-0.15, -0.1) is 0 Å². The van der Waals surface area contributed by atoms with Crippen molar-refractivity contribution in [2.45, 2.75) is 70.4 Å². The van der Waals surface area contributed by atoms with Crippen molar-refractivity contribution in [3.8, 4) is 11.8 Å². The number of esters is 1. The Balaban J connectivity index is 1.98. The Kier molecular flexibility index (Phi) is 6.40. The average molecular weight is 423 g/mol. The van der Waals surface area contributed by atoms with Crippen LogP contribution < -0.4 is 10.1 Å². The largest absolute Gasteiger partial charge is 0.485 e. The third-order valence-corrected chi connectivity index (χ3v) is 5.23. The standard InChI is InChI=1S/C25H30N2O4/c1-24(2,3)31-23(29)19(14-16-9-7-6-8-10-16)27-21-18-13-17(15-26)11-12-20(18)30-25(4,5)22(21)28/h6-13,19,21-22,27-28H,14H2,1-5H3/t19?,21-,22+/m0/s1. The van der Waals surface area contributed by atoms with Crippen LogP contribution in [0.4, 0.5) is 0 Å². The van der Waals surface area contributed by atoms with E-state index in [4.69, 9.17) is 9.47 Å². The maximum absolute atomic E-state index is 13.1. The molecule has 1 aliphatic heterocycles. The fourth-order valence-electron chi connectivity index (χ4n) is 3.70. The van der Waals surface area contributed by atoms with Gasteiger partial charge in [0.05, 0.1) is 17.7 Å². The maximum Gasteiger partial charge on any atom is 0.324 e. The molecule has 31 heavy (non-hydrogen) atoms. The molecular weight excluding hydrogens is 392 g/mol. The van der Waals surface area contributed by atoms with E-state index in [2.05, 4.69) is 11.4 Å². The average Bonchev–Trinajstić information content (AvgIpc) is 2.69. The van der Waals surface area contributed by atoms with Gasteiger partial charge in [0, 0.05) is 5.56 Å². The summed E-state index contributed by atoms with van der Waals surface area (Å²) in [5.74, 6) is 0.181. The third-order valence-electron chi connectivity index (χ3n) is 5.23. The molecule has 164 valence electrons. The number of carbonyl (C=O) groups is 1. The normalized spacial score (nSPS) is 20.7. The fourth-order valence-corrected chi connectivity index (χ4v) is 3.70. The van der Waals surface area contributed by atoms with E-state index in [1.54, 1.807) is 32.0 Å². The van der Waals surface area contributed by atoms with E-state index in [-0.39, 0.29) is 0 Å². The Morgan fingerprint density at radius 3 is 2.55 bits per heavy atom. The number of fused-ring (bicyclic) bond motifs is 1. The lowest BCUT2D eigenvalue weighted by Gasteiger charge is -2.43. The van der Waals surface area contributed by atoms with Crippen LogP contribution in [0.1, 0.15) is 57.4 Å². The van der Waals surface area contributed by atoms with Gasteiger partial charge in [-0.1, -0.05) is 30.3 Å². The Morgan fingerprint density at radius 2 is 1.94 bits per heavy atom. The van der Waals surface area contributed by atoms with E-state index in [1.807, 2.05) is 51.1 Å². The van der Waals surface area contributed by atoms with Crippen LogP contribution in [-0.4, -0.2) is 34.4 Å². The molecule has 1 unspecified atom stereocenters. The first-order chi connectivity index (χ1) is 14.5. The number of nitriles is 1. The van der Waals surface area contributed by atoms with E-state index in [0.29, 0.717) is 23.3 Å². The topological polar surface area (TPSA) is 91.6 Å². The number of aliphatic hydroxyl groups excluding tert-OH is 1. The van der Waals surface area contributed by atoms with Crippen LogP contribution in [0.15, 0.2) is 48.5 Å². The number of benzene rings is 2. The molecule has 0 saturated heterocycles. The number of ether oxygens (including phenoxy) is 2. The van der Waals surface area contributed by atoms with E-state index < -0.39 is 35.4 Å². The second-order valence-corrected chi connectivity index (χ2v) is 9.43. The van der Waals surface area contributed by atoms with E-state index in [0.717, 1.165) is 5.56 Å². The van der Waals surface area contributed by atoms with Crippen LogP contribution in [-0.2, 0) is 16.0 Å². The van der Waals surface area contributed by atoms with Crippen LogP contribution in [0.5, 0.6) is 5.75 Å². The fraction of sp³-hybridized carbons (Fsp3) is 0.440. The molecule has 2 N–H and O–H groups in total. The number of aliphatic hydroxyl groups is 1. The number of hydrogen-bond acceptors (Lipinski definition) is 6. The Labute approximate surface area is 183 Å². The Bertz CT molecular complexity index is 973. The summed E-state index contributed by atoms with van der Waals surface area (Å²) in [6.45, 7) is 9.07. The van der Waals surface area contributed by atoms with Gasteiger partial charge < -0.3 is 14.6 Å². The molecule has 0 bridgehead atoms. The zero-order chi connectivity index (χ0) is 22.8. The van der Waals surface area contributed by atoms with Crippen molar-refractivity contribution in [3.63, 3.8) is 0 Å². The highest BCUT2D eigenvalue weighted by Crippen LogP contribution is 2.40. The van der Waals surface area contributed by atoms with Gasteiger partial charge in [-0.2, -0.15) is 5.26 Å². The zero-order valence-electron chi connectivity index (χ0n) is 18.7. The molecule has 0 fully saturated rings. The first-order valence-corrected chi connectivity index (χ1v) is 10.4. The highest BCUT2D eigenvalue weighted by atomic mass is 16.6. The van der Waals surface area contributed by atoms with E-state index in [1.165, 1.54) is 0 Å². The van der Waals surface area contributed by atoms with Crippen LogP contribution in [0.2, 0.25) is 0 Å². The van der Waals surface area contributed by atoms with E-state index >= 15 is 0 Å². The van der Waals surface area contributed by atoms with Crippen molar-refractivity contribution >= 4 is 5.97 Å². The van der Waals surface area contributed by atoms with Crippen molar-refractivity contribution in [2.75, 3.05) is 0 Å². The van der Waals surface area contributed by atoms with E-state index in [9.17, 15) is 15.2 Å². The summed E-state index contributed by atoms with van der Waals surface area (Å²) in [4.78, 5) is 13.1. The quantitative estimate of drug-likeness (QED) is 0.715. The van der Waals surface area contributed by atoms with Gasteiger partial charge >= 0.3 is 5.97 Å². The van der Waals surface area contributed by atoms with Crippen LogP contribution >= 0.6 is 0 Å². The molecule has 6 heteroatoms. The lowest BCUT2D eigenvalue weighted by molar-refractivity contribution is -0.158. The second kappa shape index (κ2) is 8.70. The van der Waals surface area contributed by atoms with Gasteiger partial charge in [0.1, 0.15) is 29.1 Å². The van der Waals surface area contributed by atoms with Crippen LogP contribution in [0.3, 0.4) is 0 Å². The third kappa shape index (κ3) is 5.43. The molecule has 0 aliphatic carbocycles. The lowest BCUT2D eigenvalue weighted by Crippen LogP contribution is -2.56. The predicted molar refractivity (Wildman–Crippen MR) is 118 cm³/mol. The molecule has 1 heterocycles. The smallest absolute Gasteiger partial charge is 0.324 e. The monoisotopic (exact) mass is 422 g/mol. The minimum atomic E-state index is -0.949. The van der Waals surface area contributed by atoms with Crippen molar-refractivity contribution in [2.24, 2.45) is 0 Å². The van der Waals surface area contributed by atoms with Gasteiger partial charge in [0.15, 0.2) is 0 Å². The van der Waals surface area contributed by atoms with Crippen LogP contribution in [0, 0.1) is 11.3 Å². The summed E-state index contributed by atoms with van der Waals surface area (Å²) < 4.78 is 11.7. The molecule has 0 spiro atoms. The van der Waals surface area contributed by atoms with Gasteiger partial charge in [-0.05, 0) is 64.8 Å². The summed E-state index contributed by atoms with van der Waals surface area (Å²) in [6.07, 6.45) is -0.553. The molecule has 2 aromatic carbocycles. The number of nitrogens with zero attached hydrogens (tertiary/aromatic N) is 1. The van der Waals surface area contributed by atoms with Gasteiger partial charge in [0.25, 0.3) is 0 Å². The first kappa shape index (κ1) is 22.8. The summed E-state index contributed by atoms with van der Waals surface area (Å²) in [5, 5.41) is 23.8. The summed E-state index contributed by atoms with van der Waals surface area (Å²) in [5.41, 5.74) is 0.542. The minimum absolute atomic E-state index is 0.396. The summed E-state index contributed by atoms with van der Waals surface area (Å²) in [6, 6.07) is 15.6. The molecule has 0 amide bonds. The lowest BCUT2D eigenvalue weighted by atomic mass is 9.85. The van der Waals surface area contributed by atoms with Crippen molar-refractivity contribution in [1.82, 2.24) is 5.32 Å². The predicted octanol–water partition coefficient (Wildman–Crippen LogP) is 3.67. The van der Waals surface area contributed by atoms with Crippen molar-refractivity contribution in [3.05, 3.63) is 65.2 Å². The number of carbonyl (C=O) groups excluding carboxylic acids is 1. The van der Waals surface area contributed by atoms with Gasteiger partial charge in [-0.25, -0.2) is 0 Å². The number of nitrogens with one attached hydrogen (secondary N) is 1. The Morgan fingerprint density at radius 1 is 1.26 bits per heavy atom. The SMILES string of the molecule is CC(C)(C)OC(=O)C(Cc1ccccc1)N[C@H]1c2cc(C#N)ccc2OC(C)(C)[C@@H]1O. The van der Waals surface area contributed by atoms with Crippen LogP contribution in [0.25, 0.3) is 0 Å². The van der Waals surface area contributed by atoms with Gasteiger partial charge in [0.2, 0.25) is 0 Å². The maximum atomic E-state index is 13.1. The minimum Gasteiger partial charge on any atom is -0.485 e. The molecule has 6 nitrogen and oxygen atoms in total. The molecule has 1 aliphatic rings. The summed E-state index contributed by atoms with van der Waals surface area (Å²) >= 11 is 0. The zero-order valence-corrected chi connectivity index (χ0v) is 18.7. The molecular formula is C25H30N2O4.